The van der Waals surface area contributed by atoms with Crippen LogP contribution in [-0.4, -0.2) is 26.6 Å². The van der Waals surface area contributed by atoms with E-state index in [9.17, 15) is 13.2 Å². The first-order valence-electron chi connectivity index (χ1n) is 9.82. The van der Waals surface area contributed by atoms with Crippen molar-refractivity contribution in [3.63, 3.8) is 0 Å². The molecule has 0 unspecified atom stereocenters. The number of aryl methyl sites for hydroxylation is 2. The molecule has 0 aliphatic heterocycles. The van der Waals surface area contributed by atoms with Crippen LogP contribution in [-0.2, 0) is 14.8 Å². The van der Waals surface area contributed by atoms with Crippen LogP contribution in [0.5, 0.6) is 0 Å². The minimum atomic E-state index is -3.94. The van der Waals surface area contributed by atoms with Gasteiger partial charge in [0.05, 0.1) is 16.3 Å². The zero-order chi connectivity index (χ0) is 22.4. The van der Waals surface area contributed by atoms with Crippen LogP contribution < -0.4 is 9.73 Å². The predicted molar refractivity (Wildman–Crippen MR) is 124 cm³/mol. The Bertz CT molecular complexity index is 1190. The lowest BCUT2D eigenvalue weighted by molar-refractivity contribution is -0.119. The summed E-state index contributed by atoms with van der Waals surface area (Å²) in [6.07, 6.45) is 0. The van der Waals surface area contributed by atoms with Crippen LogP contribution in [0.25, 0.3) is 0 Å². The van der Waals surface area contributed by atoms with Crippen molar-refractivity contribution in [2.45, 2.75) is 25.7 Å². The lowest BCUT2D eigenvalue weighted by atomic mass is 10.1. The van der Waals surface area contributed by atoms with Crippen LogP contribution in [0.1, 0.15) is 23.6 Å². The summed E-state index contributed by atoms with van der Waals surface area (Å²) in [5, 5.41) is 4.14. The molecule has 0 fully saturated rings. The van der Waals surface area contributed by atoms with Gasteiger partial charge in [-0.3, -0.25) is 9.10 Å². The van der Waals surface area contributed by atoms with Crippen molar-refractivity contribution in [3.05, 3.63) is 95.6 Å². The SMILES string of the molecule is C/C(=N\NC(=O)CN(c1ccccc1C)S(=O)(=O)c1ccccc1)c1ccc(C)cc1. The van der Waals surface area contributed by atoms with Crippen molar-refractivity contribution in [2.24, 2.45) is 5.10 Å². The highest BCUT2D eigenvalue weighted by atomic mass is 32.2. The maximum absolute atomic E-state index is 13.3. The molecule has 6 nitrogen and oxygen atoms in total. The highest BCUT2D eigenvalue weighted by Crippen LogP contribution is 2.26. The highest BCUT2D eigenvalue weighted by molar-refractivity contribution is 7.92. The second-order valence-electron chi connectivity index (χ2n) is 7.21. The van der Waals surface area contributed by atoms with Crippen LogP contribution >= 0.6 is 0 Å². The number of hydrazone groups is 1. The average molecular weight is 436 g/mol. The molecule has 1 N–H and O–H groups in total. The van der Waals surface area contributed by atoms with Gasteiger partial charge in [-0.1, -0.05) is 66.2 Å². The van der Waals surface area contributed by atoms with Crippen LogP contribution in [0.4, 0.5) is 5.69 Å². The fourth-order valence-corrected chi connectivity index (χ4v) is 4.54. The Balaban J connectivity index is 1.87. The number of hydrogen-bond acceptors (Lipinski definition) is 4. The molecule has 0 aromatic heterocycles. The molecule has 3 aromatic rings. The first-order chi connectivity index (χ1) is 14.8. The quantitative estimate of drug-likeness (QED) is 0.449. The summed E-state index contributed by atoms with van der Waals surface area (Å²) in [6.45, 7) is 5.18. The Morgan fingerprint density at radius 2 is 1.52 bits per heavy atom. The molecule has 1 amide bonds. The van der Waals surface area contributed by atoms with Crippen molar-refractivity contribution in [2.75, 3.05) is 10.8 Å². The summed E-state index contributed by atoms with van der Waals surface area (Å²) in [4.78, 5) is 12.8. The Morgan fingerprint density at radius 3 is 2.16 bits per heavy atom. The number of para-hydroxylation sites is 1. The molecule has 160 valence electrons. The molecule has 0 heterocycles. The predicted octanol–water partition coefficient (Wildman–Crippen LogP) is 4.04. The van der Waals surface area contributed by atoms with E-state index in [4.69, 9.17) is 0 Å². The number of carbonyl (C=O) groups excluding carboxylic acids is 1. The van der Waals surface area contributed by atoms with Gasteiger partial charge in [0.25, 0.3) is 15.9 Å². The maximum atomic E-state index is 13.3. The van der Waals surface area contributed by atoms with Gasteiger partial charge in [0.2, 0.25) is 0 Å². The molecule has 3 rings (SSSR count). The van der Waals surface area contributed by atoms with Gasteiger partial charge in [-0.05, 0) is 50.1 Å². The fraction of sp³-hybridized carbons (Fsp3) is 0.167. The molecule has 0 radical (unpaired) electrons. The van der Waals surface area contributed by atoms with Gasteiger partial charge in [0, 0.05) is 0 Å². The second kappa shape index (κ2) is 9.57. The molecule has 0 saturated heterocycles. The van der Waals surface area contributed by atoms with Crippen LogP contribution in [0.15, 0.2) is 88.9 Å². The van der Waals surface area contributed by atoms with Crippen molar-refractivity contribution < 1.29 is 13.2 Å². The first-order valence-corrected chi connectivity index (χ1v) is 11.3. The minimum absolute atomic E-state index is 0.116. The molecule has 0 spiro atoms. The van der Waals surface area contributed by atoms with E-state index in [-0.39, 0.29) is 4.90 Å². The van der Waals surface area contributed by atoms with E-state index in [0.29, 0.717) is 11.4 Å². The minimum Gasteiger partial charge on any atom is -0.271 e. The third kappa shape index (κ3) is 5.38. The molecular formula is C24H25N3O3S. The van der Waals surface area contributed by atoms with E-state index >= 15 is 0 Å². The van der Waals surface area contributed by atoms with Gasteiger partial charge in [0.15, 0.2) is 0 Å². The molecule has 31 heavy (non-hydrogen) atoms. The van der Waals surface area contributed by atoms with E-state index in [1.54, 1.807) is 50.2 Å². The van der Waals surface area contributed by atoms with Gasteiger partial charge in [-0.15, -0.1) is 0 Å². The van der Waals surface area contributed by atoms with Gasteiger partial charge >= 0.3 is 0 Å². The molecule has 0 atom stereocenters. The summed E-state index contributed by atoms with van der Waals surface area (Å²) in [6, 6.07) is 22.9. The summed E-state index contributed by atoms with van der Waals surface area (Å²) in [5.74, 6) is -0.533. The third-order valence-corrected chi connectivity index (χ3v) is 6.59. The zero-order valence-electron chi connectivity index (χ0n) is 17.7. The summed E-state index contributed by atoms with van der Waals surface area (Å²) >= 11 is 0. The summed E-state index contributed by atoms with van der Waals surface area (Å²) < 4.78 is 27.8. The fourth-order valence-electron chi connectivity index (χ4n) is 3.03. The van der Waals surface area contributed by atoms with Crippen LogP contribution in [0.3, 0.4) is 0 Å². The Hall–Kier alpha value is -3.45. The largest absolute Gasteiger partial charge is 0.271 e. The van der Waals surface area contributed by atoms with E-state index in [1.165, 1.54) is 12.1 Å². The van der Waals surface area contributed by atoms with Gasteiger partial charge in [-0.25, -0.2) is 13.8 Å². The molecule has 3 aromatic carbocycles. The number of nitrogens with one attached hydrogen (secondary N) is 1. The smallest absolute Gasteiger partial charge is 0.264 e. The van der Waals surface area contributed by atoms with E-state index < -0.39 is 22.5 Å². The average Bonchev–Trinajstić information content (AvgIpc) is 2.77. The Morgan fingerprint density at radius 1 is 0.903 bits per heavy atom. The topological polar surface area (TPSA) is 78.8 Å². The van der Waals surface area contributed by atoms with E-state index in [2.05, 4.69) is 10.5 Å². The number of anilines is 1. The summed E-state index contributed by atoms with van der Waals surface area (Å²) in [7, 11) is -3.94. The number of rotatable bonds is 7. The van der Waals surface area contributed by atoms with Gasteiger partial charge in [0.1, 0.15) is 6.54 Å². The van der Waals surface area contributed by atoms with Crippen LogP contribution in [0, 0.1) is 13.8 Å². The van der Waals surface area contributed by atoms with E-state index in [1.807, 2.05) is 37.3 Å². The first kappa shape index (κ1) is 22.2. The number of amides is 1. The Labute approximate surface area is 183 Å². The summed E-state index contributed by atoms with van der Waals surface area (Å²) in [5.41, 5.74) is 6.30. The van der Waals surface area contributed by atoms with Crippen molar-refractivity contribution >= 4 is 27.3 Å². The number of nitrogens with zero attached hydrogens (tertiary/aromatic N) is 2. The Kier molecular flexibility index (Phi) is 6.87. The number of sulfonamides is 1. The lowest BCUT2D eigenvalue weighted by Gasteiger charge is -2.25. The second-order valence-corrected chi connectivity index (χ2v) is 9.07. The van der Waals surface area contributed by atoms with Crippen molar-refractivity contribution in [1.82, 2.24) is 5.43 Å². The van der Waals surface area contributed by atoms with Crippen LogP contribution in [0.2, 0.25) is 0 Å². The molecule has 0 saturated carbocycles. The molecule has 0 aliphatic rings. The molecule has 0 aliphatic carbocycles. The molecular weight excluding hydrogens is 410 g/mol. The van der Waals surface area contributed by atoms with Crippen molar-refractivity contribution in [1.29, 1.82) is 0 Å². The maximum Gasteiger partial charge on any atom is 0.264 e. The third-order valence-electron chi connectivity index (χ3n) is 4.82. The van der Waals surface area contributed by atoms with E-state index in [0.717, 1.165) is 21.0 Å². The number of benzene rings is 3. The number of carbonyl (C=O) groups is 1. The normalized spacial score (nSPS) is 11.8. The van der Waals surface area contributed by atoms with Crippen molar-refractivity contribution in [3.8, 4) is 0 Å². The standard InChI is InChI=1S/C24H25N3O3S/c1-18-13-15-21(16-14-18)20(3)25-26-24(28)17-27(23-12-8-7-9-19(23)2)31(29,30)22-10-5-4-6-11-22/h4-16H,17H2,1-3H3,(H,26,28)/b25-20+. The molecule has 0 bridgehead atoms. The molecule has 7 heteroatoms. The lowest BCUT2D eigenvalue weighted by Crippen LogP contribution is -2.40. The zero-order valence-corrected chi connectivity index (χ0v) is 18.6. The monoisotopic (exact) mass is 435 g/mol. The highest BCUT2D eigenvalue weighted by Gasteiger charge is 2.28. The number of hydrogen-bond donors (Lipinski definition) is 1. The van der Waals surface area contributed by atoms with Gasteiger partial charge < -0.3 is 0 Å². The van der Waals surface area contributed by atoms with Gasteiger partial charge in [-0.2, -0.15) is 5.10 Å².